The average Bonchev–Trinajstić information content (AvgIpc) is 2.91. The normalized spacial score (nSPS) is 80.8. The quantitative estimate of drug-likeness (QED) is 0.642. The third-order valence-corrected chi connectivity index (χ3v) is 7.56. The highest BCUT2D eigenvalue weighted by molar-refractivity contribution is 5.37. The minimum absolute atomic E-state index is 0.289. The minimum Gasteiger partial charge on any atom is -0.343 e. The molecule has 3 saturated heterocycles. The molecule has 3 heteroatoms. The maximum Gasteiger partial charge on any atom is 0.176 e. The summed E-state index contributed by atoms with van der Waals surface area (Å²) in [5.74, 6) is 0.727. The predicted molar refractivity (Wildman–Crippen MR) is 58.0 cm³/mol. The van der Waals surface area contributed by atoms with Crippen molar-refractivity contribution in [2.24, 2.45) is 22.7 Å². The van der Waals surface area contributed by atoms with Gasteiger partial charge in [-0.25, -0.2) is 0 Å². The molecule has 6 aliphatic rings. The first kappa shape index (κ1) is 8.89. The zero-order valence-corrected chi connectivity index (χ0v) is 10.4. The number of rotatable bonds is 0. The average molecular weight is 234 g/mol. The minimum atomic E-state index is -0.354. The Labute approximate surface area is 101 Å². The number of fused-ring (bicyclic) bond motifs is 1. The van der Waals surface area contributed by atoms with Crippen LogP contribution in [0.1, 0.15) is 39.5 Å². The van der Waals surface area contributed by atoms with Crippen molar-refractivity contribution in [3.63, 3.8) is 0 Å². The molecule has 6 fully saturated rings. The van der Waals surface area contributed by atoms with Crippen LogP contribution in [0.4, 0.5) is 0 Å². The second-order valence-corrected chi connectivity index (χ2v) is 7.40. The highest BCUT2D eigenvalue weighted by atomic mass is 16.8. The van der Waals surface area contributed by atoms with Crippen molar-refractivity contribution in [3.05, 3.63) is 0 Å². The first-order valence-corrected chi connectivity index (χ1v) is 7.14. The third-order valence-electron chi connectivity index (χ3n) is 7.56. The summed E-state index contributed by atoms with van der Waals surface area (Å²) >= 11 is 0. The molecule has 3 aliphatic heterocycles. The molecular weight excluding hydrogens is 216 g/mol. The molecule has 0 unspecified atom stereocenters. The van der Waals surface area contributed by atoms with Crippen LogP contribution in [0.15, 0.2) is 0 Å². The fourth-order valence-electron chi connectivity index (χ4n) is 7.66. The van der Waals surface area contributed by atoms with Gasteiger partial charge in [0.15, 0.2) is 11.6 Å². The van der Waals surface area contributed by atoms with Crippen LogP contribution in [0.2, 0.25) is 0 Å². The second-order valence-electron chi connectivity index (χ2n) is 7.40. The van der Waals surface area contributed by atoms with Crippen molar-refractivity contribution in [2.75, 3.05) is 0 Å². The monoisotopic (exact) mass is 234 g/mol. The predicted octanol–water partition coefficient (Wildman–Crippen LogP) is 2.05. The highest BCUT2D eigenvalue weighted by Gasteiger charge is 2.96. The zero-order valence-electron chi connectivity index (χ0n) is 10.4. The lowest BCUT2D eigenvalue weighted by molar-refractivity contribution is -0.286. The summed E-state index contributed by atoms with van der Waals surface area (Å²) in [4.78, 5) is 0. The van der Waals surface area contributed by atoms with E-state index in [1.807, 2.05) is 0 Å². The Bertz CT molecular complexity index is 438. The van der Waals surface area contributed by atoms with E-state index in [-0.39, 0.29) is 22.4 Å². The van der Waals surface area contributed by atoms with E-state index < -0.39 is 0 Å². The van der Waals surface area contributed by atoms with Crippen LogP contribution in [-0.4, -0.2) is 23.8 Å². The van der Waals surface area contributed by atoms with Gasteiger partial charge in [0, 0.05) is 10.8 Å². The van der Waals surface area contributed by atoms with E-state index in [4.69, 9.17) is 14.2 Å². The molecule has 0 aromatic rings. The van der Waals surface area contributed by atoms with E-state index in [1.54, 1.807) is 0 Å². The van der Waals surface area contributed by atoms with Crippen LogP contribution in [0.5, 0.6) is 0 Å². The lowest BCUT2D eigenvalue weighted by atomic mass is 9.55. The lowest BCUT2D eigenvalue weighted by Crippen LogP contribution is -2.49. The van der Waals surface area contributed by atoms with Gasteiger partial charge in [-0.05, 0) is 44.9 Å². The Morgan fingerprint density at radius 3 is 1.94 bits per heavy atom. The third kappa shape index (κ3) is 0.492. The summed E-state index contributed by atoms with van der Waals surface area (Å²) in [6.07, 6.45) is 5.94. The van der Waals surface area contributed by atoms with E-state index >= 15 is 0 Å². The first-order chi connectivity index (χ1) is 8.08. The summed E-state index contributed by atoms with van der Waals surface area (Å²) in [5, 5.41) is 0. The van der Waals surface area contributed by atoms with Gasteiger partial charge in [-0.1, -0.05) is 6.42 Å². The van der Waals surface area contributed by atoms with Crippen molar-refractivity contribution >= 4 is 0 Å². The molecule has 0 aromatic carbocycles. The summed E-state index contributed by atoms with van der Waals surface area (Å²) in [6, 6.07) is 0. The van der Waals surface area contributed by atoms with Crippen LogP contribution < -0.4 is 0 Å². The summed E-state index contributed by atoms with van der Waals surface area (Å²) in [5.41, 5.74) is 0.578. The van der Waals surface area contributed by atoms with Gasteiger partial charge in [-0.3, -0.25) is 0 Å². The van der Waals surface area contributed by atoms with Gasteiger partial charge in [0.2, 0.25) is 0 Å². The Morgan fingerprint density at radius 2 is 1.41 bits per heavy atom. The molecule has 0 N–H and O–H groups in total. The van der Waals surface area contributed by atoms with E-state index in [0.717, 1.165) is 0 Å². The highest BCUT2D eigenvalue weighted by Crippen LogP contribution is 2.90. The summed E-state index contributed by atoms with van der Waals surface area (Å²) in [7, 11) is 0. The van der Waals surface area contributed by atoms with Crippen molar-refractivity contribution in [3.8, 4) is 0 Å². The summed E-state index contributed by atoms with van der Waals surface area (Å²) < 4.78 is 19.2. The molecular formula is C14H18O3. The molecule has 3 heterocycles. The lowest BCUT2D eigenvalue weighted by Gasteiger charge is -2.42. The Hall–Kier alpha value is -0.120. The van der Waals surface area contributed by atoms with Gasteiger partial charge in [0.1, 0.15) is 0 Å². The standard InChI is InChI=1S/C14H18O3/c1-11-13-4-3-5-14(13)8-6-7(13)9(15-11)10(8)16-12(14,2)17-11/h7-10H,3-6H2,1-2H3/t7-,8+,9-,10+,11-,12+,13-,14+. The van der Waals surface area contributed by atoms with Crippen molar-refractivity contribution in [2.45, 2.75) is 63.3 Å². The zero-order chi connectivity index (χ0) is 11.3. The van der Waals surface area contributed by atoms with Gasteiger partial charge in [-0.15, -0.1) is 0 Å². The van der Waals surface area contributed by atoms with Gasteiger partial charge in [0.05, 0.1) is 12.2 Å². The van der Waals surface area contributed by atoms with Gasteiger partial charge in [-0.2, -0.15) is 0 Å². The molecule has 0 amide bonds. The van der Waals surface area contributed by atoms with Crippen molar-refractivity contribution in [1.29, 1.82) is 0 Å². The number of hydrogen-bond acceptors (Lipinski definition) is 3. The molecule has 8 atom stereocenters. The summed E-state index contributed by atoms with van der Waals surface area (Å²) in [6.45, 7) is 4.40. The van der Waals surface area contributed by atoms with Crippen molar-refractivity contribution in [1.82, 2.24) is 0 Å². The first-order valence-electron chi connectivity index (χ1n) is 7.14. The SMILES string of the molecule is C[C@]12O[C@@H]3[C@@H]4O[C@](C)(O1)[C@]15CCC[C@]21[C@H]3C[C@H]45. The maximum absolute atomic E-state index is 6.41. The van der Waals surface area contributed by atoms with Crippen LogP contribution in [0, 0.1) is 22.7 Å². The van der Waals surface area contributed by atoms with Gasteiger partial charge >= 0.3 is 0 Å². The second kappa shape index (κ2) is 1.91. The van der Waals surface area contributed by atoms with E-state index in [2.05, 4.69) is 13.8 Å². The molecule has 92 valence electrons. The Balaban J connectivity index is 1.82. The fourth-order valence-corrected chi connectivity index (χ4v) is 7.66. The number of ether oxygens (including phenoxy) is 3. The number of hydrogen-bond donors (Lipinski definition) is 0. The molecule has 2 spiro atoms. The van der Waals surface area contributed by atoms with Gasteiger partial charge < -0.3 is 14.2 Å². The Morgan fingerprint density at radius 1 is 0.882 bits per heavy atom. The largest absolute Gasteiger partial charge is 0.343 e. The van der Waals surface area contributed by atoms with E-state index in [0.29, 0.717) is 24.0 Å². The van der Waals surface area contributed by atoms with Gasteiger partial charge in [0.25, 0.3) is 0 Å². The fraction of sp³-hybridized carbons (Fsp3) is 1.00. The Kier molecular flexibility index (Phi) is 1.00. The van der Waals surface area contributed by atoms with Crippen LogP contribution in [0.25, 0.3) is 0 Å². The molecule has 2 bridgehead atoms. The van der Waals surface area contributed by atoms with Crippen molar-refractivity contribution < 1.29 is 14.2 Å². The van der Waals surface area contributed by atoms with Crippen LogP contribution in [0.3, 0.4) is 0 Å². The molecule has 0 radical (unpaired) electrons. The molecule has 6 rings (SSSR count). The van der Waals surface area contributed by atoms with Crippen LogP contribution >= 0.6 is 0 Å². The van der Waals surface area contributed by atoms with E-state index in [1.165, 1.54) is 25.7 Å². The molecule has 3 saturated carbocycles. The smallest absolute Gasteiger partial charge is 0.176 e. The topological polar surface area (TPSA) is 27.7 Å². The molecule has 17 heavy (non-hydrogen) atoms. The molecule has 3 nitrogen and oxygen atoms in total. The van der Waals surface area contributed by atoms with E-state index in [9.17, 15) is 0 Å². The van der Waals surface area contributed by atoms with Crippen LogP contribution in [-0.2, 0) is 14.2 Å². The molecule has 0 aromatic heterocycles. The maximum atomic E-state index is 6.41. The molecule has 3 aliphatic carbocycles.